The number of ketones is 1. The summed E-state index contributed by atoms with van der Waals surface area (Å²) in [5.41, 5.74) is -2.08. The number of unbranched alkanes of at least 4 members (excludes halogenated alkanes) is 2. The first-order chi connectivity index (χ1) is 19.3. The van der Waals surface area contributed by atoms with Crippen LogP contribution in [0.5, 0.6) is 0 Å². The first-order valence-electron chi connectivity index (χ1n) is 15.5. The van der Waals surface area contributed by atoms with E-state index in [-0.39, 0.29) is 50.2 Å². The molecule has 10 heteroatoms. The number of piperidine rings is 1. The maximum absolute atomic E-state index is 13.4. The van der Waals surface area contributed by atoms with Crippen LogP contribution in [0.15, 0.2) is 0 Å². The van der Waals surface area contributed by atoms with Crippen LogP contribution in [0.3, 0.4) is 0 Å². The molecular weight excluding hydrogens is 528 g/mol. The van der Waals surface area contributed by atoms with E-state index in [9.17, 15) is 19.5 Å². The monoisotopic (exact) mass is 586 g/mol. The van der Waals surface area contributed by atoms with Crippen molar-refractivity contribution >= 4 is 17.7 Å². The number of nitrogens with one attached hydrogen (secondary N) is 1. The van der Waals surface area contributed by atoms with E-state index in [2.05, 4.69) is 5.32 Å². The molecule has 1 saturated heterocycles. The minimum absolute atomic E-state index is 0.0476. The highest BCUT2D eigenvalue weighted by atomic mass is 16.8. The second-order valence-electron chi connectivity index (χ2n) is 12.6. The normalized spacial score (nSPS) is 25.1. The predicted molar refractivity (Wildman–Crippen MR) is 158 cm³/mol. The van der Waals surface area contributed by atoms with Gasteiger partial charge in [-0.3, -0.25) is 19.2 Å². The molecule has 0 bridgehead atoms. The lowest BCUT2D eigenvalue weighted by molar-refractivity contribution is -0.363. The third kappa shape index (κ3) is 10.6. The number of Topliss-reactive ketones (excluding diaryl/α,β-unsaturated/α-hetero) is 1. The number of ether oxygens (including phenoxy) is 2. The Hall–Kier alpha value is -1.59. The molecule has 1 rings (SSSR count). The molecule has 1 heterocycles. The van der Waals surface area contributed by atoms with Crippen LogP contribution >= 0.6 is 0 Å². The average Bonchev–Trinajstić information content (AvgIpc) is 2.94. The Balaban J connectivity index is 3.40. The highest BCUT2D eigenvalue weighted by Crippen LogP contribution is 2.45. The van der Waals surface area contributed by atoms with Crippen molar-refractivity contribution in [3.8, 4) is 0 Å². The van der Waals surface area contributed by atoms with E-state index in [1.165, 1.54) is 0 Å². The Morgan fingerprint density at radius 1 is 1.07 bits per heavy atom. The smallest absolute Gasteiger partial charge is 0.309 e. The average molecular weight is 587 g/mol. The Morgan fingerprint density at radius 2 is 1.76 bits per heavy atom. The fraction of sp³-hybridized carbons (Fsp3) is 0.903. The lowest BCUT2D eigenvalue weighted by Crippen LogP contribution is -2.67. The van der Waals surface area contributed by atoms with Crippen LogP contribution in [-0.2, 0) is 28.7 Å². The van der Waals surface area contributed by atoms with Crippen molar-refractivity contribution in [3.05, 3.63) is 0 Å². The van der Waals surface area contributed by atoms with Crippen molar-refractivity contribution in [2.75, 3.05) is 33.0 Å². The molecule has 5 unspecified atom stereocenters. The summed E-state index contributed by atoms with van der Waals surface area (Å²) in [6.07, 6.45) is 4.00. The minimum Gasteiger partial charge on any atom is -0.465 e. The van der Waals surface area contributed by atoms with E-state index >= 15 is 0 Å². The molecule has 0 saturated carbocycles. The van der Waals surface area contributed by atoms with Gasteiger partial charge >= 0.3 is 5.97 Å². The second kappa shape index (κ2) is 17.5. The van der Waals surface area contributed by atoms with Crippen LogP contribution in [0, 0.1) is 17.3 Å². The van der Waals surface area contributed by atoms with Gasteiger partial charge in [0.25, 0.3) is 0 Å². The Labute approximate surface area is 247 Å². The summed E-state index contributed by atoms with van der Waals surface area (Å²) in [5.74, 6) is -1.43. The summed E-state index contributed by atoms with van der Waals surface area (Å²) in [5, 5.41) is 23.1. The zero-order valence-electron chi connectivity index (χ0n) is 26.9. The van der Waals surface area contributed by atoms with Gasteiger partial charge in [0, 0.05) is 43.9 Å². The zero-order chi connectivity index (χ0) is 31.3. The first-order valence-corrected chi connectivity index (χ1v) is 15.5. The highest BCUT2D eigenvalue weighted by molar-refractivity contribution is 5.84. The van der Waals surface area contributed by atoms with E-state index in [1.54, 1.807) is 13.8 Å². The number of esters is 1. The lowest BCUT2D eigenvalue weighted by Gasteiger charge is -2.56. The molecule has 240 valence electrons. The molecule has 41 heavy (non-hydrogen) atoms. The molecular formula is C31H58N2O8. The SMILES string of the molecule is CCCCOC(=O)C(CC(OCCCCO)ON1C(C)(CC)CC(=O)C(C)C1(C)CC)CC(C)(C)C(=O)NCCO. The molecule has 0 aromatic heterocycles. The maximum atomic E-state index is 13.4. The summed E-state index contributed by atoms with van der Waals surface area (Å²) in [4.78, 5) is 46.1. The summed E-state index contributed by atoms with van der Waals surface area (Å²) in [6, 6.07) is 0. The summed E-state index contributed by atoms with van der Waals surface area (Å²) in [6.45, 7) is 16.2. The third-order valence-electron chi connectivity index (χ3n) is 8.80. The number of hydroxylamine groups is 2. The quantitative estimate of drug-likeness (QED) is 0.109. The van der Waals surface area contributed by atoms with Gasteiger partial charge in [-0.05, 0) is 52.4 Å². The molecule has 10 nitrogen and oxygen atoms in total. The van der Waals surface area contributed by atoms with Gasteiger partial charge in [0.1, 0.15) is 5.78 Å². The number of carbonyl (C=O) groups excluding carboxylic acids is 3. The molecule has 0 spiro atoms. The lowest BCUT2D eigenvalue weighted by atomic mass is 9.70. The van der Waals surface area contributed by atoms with E-state index in [4.69, 9.17) is 19.4 Å². The van der Waals surface area contributed by atoms with Crippen LogP contribution < -0.4 is 5.32 Å². The van der Waals surface area contributed by atoms with E-state index in [0.717, 1.165) is 12.8 Å². The molecule has 5 atom stereocenters. The molecule has 0 radical (unpaired) electrons. The standard InChI is InChI=1S/C31H58N2O8/c1-9-12-18-40-27(37)24(21-29(5,6)28(38)32-15-17-35)20-26(39-19-14-13-16-34)41-33-30(7,10-2)22-25(36)23(4)31(33,8)11-3/h23-24,26,34-35H,9-22H2,1-8H3,(H,32,38). The molecule has 1 fully saturated rings. The van der Waals surface area contributed by atoms with Crippen LogP contribution in [0.25, 0.3) is 0 Å². The number of amides is 1. The van der Waals surface area contributed by atoms with Gasteiger partial charge in [-0.1, -0.05) is 48.0 Å². The molecule has 0 aromatic rings. The fourth-order valence-corrected chi connectivity index (χ4v) is 5.44. The summed E-state index contributed by atoms with van der Waals surface area (Å²) in [7, 11) is 0. The fourth-order valence-electron chi connectivity index (χ4n) is 5.44. The second-order valence-corrected chi connectivity index (χ2v) is 12.6. The van der Waals surface area contributed by atoms with Crippen LogP contribution in [0.1, 0.15) is 113 Å². The van der Waals surface area contributed by atoms with Crippen LogP contribution in [0.2, 0.25) is 0 Å². The first kappa shape index (κ1) is 37.4. The number of aliphatic hydroxyl groups excluding tert-OH is 2. The highest BCUT2D eigenvalue weighted by Gasteiger charge is 2.54. The van der Waals surface area contributed by atoms with Crippen LogP contribution in [0.4, 0.5) is 0 Å². The maximum Gasteiger partial charge on any atom is 0.309 e. The van der Waals surface area contributed by atoms with Gasteiger partial charge in [-0.2, -0.15) is 5.06 Å². The topological polar surface area (TPSA) is 135 Å². The number of carbonyl (C=O) groups is 3. The molecule has 0 aliphatic carbocycles. The van der Waals surface area contributed by atoms with E-state index < -0.39 is 34.7 Å². The van der Waals surface area contributed by atoms with E-state index in [1.807, 2.05) is 46.6 Å². The molecule has 1 aliphatic heterocycles. The van der Waals surface area contributed by atoms with Gasteiger partial charge in [0.2, 0.25) is 5.91 Å². The Bertz CT molecular complexity index is 822. The number of nitrogens with zero attached hydrogens (tertiary/aromatic N) is 1. The van der Waals surface area contributed by atoms with Gasteiger partial charge < -0.3 is 25.0 Å². The van der Waals surface area contributed by atoms with Crippen molar-refractivity contribution in [1.29, 1.82) is 0 Å². The largest absolute Gasteiger partial charge is 0.465 e. The number of hydrogen-bond donors (Lipinski definition) is 3. The Kier molecular flexibility index (Phi) is 16.0. The van der Waals surface area contributed by atoms with Gasteiger partial charge in [0.15, 0.2) is 6.29 Å². The molecule has 1 aliphatic rings. The Morgan fingerprint density at radius 3 is 2.32 bits per heavy atom. The van der Waals surface area contributed by atoms with Gasteiger partial charge in [0.05, 0.1) is 30.2 Å². The summed E-state index contributed by atoms with van der Waals surface area (Å²) < 4.78 is 11.9. The minimum atomic E-state index is -0.924. The van der Waals surface area contributed by atoms with Crippen molar-refractivity contribution in [1.82, 2.24) is 10.4 Å². The summed E-state index contributed by atoms with van der Waals surface area (Å²) >= 11 is 0. The van der Waals surface area contributed by atoms with Crippen molar-refractivity contribution in [2.45, 2.75) is 131 Å². The molecule has 1 amide bonds. The zero-order valence-corrected chi connectivity index (χ0v) is 26.9. The van der Waals surface area contributed by atoms with Gasteiger partial charge in [-0.15, -0.1) is 0 Å². The van der Waals surface area contributed by atoms with E-state index in [0.29, 0.717) is 45.3 Å². The third-order valence-corrected chi connectivity index (χ3v) is 8.80. The van der Waals surface area contributed by atoms with Crippen LogP contribution in [-0.4, -0.2) is 83.3 Å². The molecule has 3 N–H and O–H groups in total. The number of aliphatic hydroxyl groups is 2. The number of rotatable bonds is 20. The van der Waals surface area contributed by atoms with Crippen molar-refractivity contribution in [3.63, 3.8) is 0 Å². The van der Waals surface area contributed by atoms with Crippen molar-refractivity contribution < 1.29 is 38.9 Å². The van der Waals surface area contributed by atoms with Crippen molar-refractivity contribution in [2.24, 2.45) is 17.3 Å². The number of hydrogen-bond acceptors (Lipinski definition) is 9. The molecule has 0 aromatic carbocycles. The predicted octanol–water partition coefficient (Wildman–Crippen LogP) is 4.16. The van der Waals surface area contributed by atoms with Gasteiger partial charge in [-0.25, -0.2) is 0 Å².